The van der Waals surface area contributed by atoms with Crippen molar-refractivity contribution in [2.45, 2.75) is 12.8 Å². The summed E-state index contributed by atoms with van der Waals surface area (Å²) in [7, 11) is 0. The molecule has 1 aliphatic carbocycles. The first-order valence-electron chi connectivity index (χ1n) is 6.61. The predicted molar refractivity (Wildman–Crippen MR) is 83.0 cm³/mol. The number of rotatable bonds is 1. The number of benzene rings is 2. The number of Topliss-reactive ketones (excluding diaryl/α,β-unsaturated/α-hetero) is 1. The summed E-state index contributed by atoms with van der Waals surface area (Å²) in [5.74, 6) is 2.81. The maximum atomic E-state index is 11.3. The quantitative estimate of drug-likeness (QED) is 0.705. The number of hydrogen-bond donors (Lipinski definition) is 0. The minimum atomic E-state index is 0.279. The second kappa shape index (κ2) is 7.11. The van der Waals surface area contributed by atoms with Gasteiger partial charge in [-0.05, 0) is 24.1 Å². The molecule has 0 spiro atoms. The molecule has 0 aromatic heterocycles. The van der Waals surface area contributed by atoms with E-state index in [4.69, 9.17) is 6.42 Å². The molecule has 20 heavy (non-hydrogen) atoms. The number of carbonyl (C=O) groups excluding carboxylic acids is 1. The fraction of sp³-hybridized carbons (Fsp3) is 0.105. The van der Waals surface area contributed by atoms with Crippen molar-refractivity contribution < 1.29 is 4.79 Å². The average molecular weight is 260 g/mol. The zero-order valence-corrected chi connectivity index (χ0v) is 11.3. The molecule has 0 atom stereocenters. The normalized spacial score (nSPS) is 12.9. The molecule has 0 heterocycles. The highest BCUT2D eigenvalue weighted by molar-refractivity contribution is 6.22. The van der Waals surface area contributed by atoms with E-state index in [1.807, 2.05) is 66.7 Å². The van der Waals surface area contributed by atoms with Crippen LogP contribution >= 0.6 is 0 Å². The van der Waals surface area contributed by atoms with Crippen molar-refractivity contribution >= 4 is 11.4 Å². The van der Waals surface area contributed by atoms with E-state index < -0.39 is 0 Å². The highest BCUT2D eigenvalue weighted by Gasteiger charge is 2.15. The lowest BCUT2D eigenvalue weighted by Gasteiger charge is -1.98. The number of carbonyl (C=O) groups is 1. The van der Waals surface area contributed by atoms with Crippen molar-refractivity contribution in [3.8, 4) is 12.3 Å². The largest absolute Gasteiger partial charge is 0.294 e. The van der Waals surface area contributed by atoms with Gasteiger partial charge in [-0.2, -0.15) is 0 Å². The van der Waals surface area contributed by atoms with Gasteiger partial charge in [0.15, 0.2) is 5.78 Å². The predicted octanol–water partition coefficient (Wildman–Crippen LogP) is 4.10. The average Bonchev–Trinajstić information content (AvgIpc) is 2.96. The van der Waals surface area contributed by atoms with Crippen molar-refractivity contribution in [2.75, 3.05) is 0 Å². The third-order valence-corrected chi connectivity index (χ3v) is 3.05. The monoisotopic (exact) mass is 260 g/mol. The SMILES string of the molecule is C#Cc1ccccc1.O=C1CCC=C1c1ccccc1. The summed E-state index contributed by atoms with van der Waals surface area (Å²) in [4.78, 5) is 11.3. The van der Waals surface area contributed by atoms with Crippen molar-refractivity contribution in [3.63, 3.8) is 0 Å². The van der Waals surface area contributed by atoms with E-state index in [0.29, 0.717) is 6.42 Å². The van der Waals surface area contributed by atoms with E-state index in [2.05, 4.69) is 5.92 Å². The molecule has 3 rings (SSSR count). The van der Waals surface area contributed by atoms with Gasteiger partial charge in [0.05, 0.1) is 0 Å². The lowest BCUT2D eigenvalue weighted by atomic mass is 10.1. The highest BCUT2D eigenvalue weighted by Crippen LogP contribution is 2.23. The van der Waals surface area contributed by atoms with Gasteiger partial charge in [-0.3, -0.25) is 4.79 Å². The molecule has 0 radical (unpaired) electrons. The van der Waals surface area contributed by atoms with Crippen molar-refractivity contribution in [3.05, 3.63) is 77.9 Å². The third-order valence-electron chi connectivity index (χ3n) is 3.05. The lowest BCUT2D eigenvalue weighted by Crippen LogP contribution is -1.93. The molecule has 0 unspecified atom stereocenters. The van der Waals surface area contributed by atoms with E-state index in [-0.39, 0.29) is 5.78 Å². The van der Waals surface area contributed by atoms with Crippen LogP contribution in [0.4, 0.5) is 0 Å². The van der Waals surface area contributed by atoms with Crippen LogP contribution in [-0.4, -0.2) is 5.78 Å². The fourth-order valence-electron chi connectivity index (χ4n) is 2.03. The van der Waals surface area contributed by atoms with Gasteiger partial charge >= 0.3 is 0 Å². The van der Waals surface area contributed by atoms with E-state index in [1.165, 1.54) is 0 Å². The van der Waals surface area contributed by atoms with Gasteiger partial charge in [-0.15, -0.1) is 6.42 Å². The van der Waals surface area contributed by atoms with E-state index >= 15 is 0 Å². The van der Waals surface area contributed by atoms with E-state index in [9.17, 15) is 4.79 Å². The Hall–Kier alpha value is -2.59. The van der Waals surface area contributed by atoms with Crippen molar-refractivity contribution in [2.24, 2.45) is 0 Å². The Bertz CT molecular complexity index is 630. The Morgan fingerprint density at radius 2 is 1.50 bits per heavy atom. The van der Waals surface area contributed by atoms with Crippen LogP contribution in [0.5, 0.6) is 0 Å². The summed E-state index contributed by atoms with van der Waals surface area (Å²) in [6.45, 7) is 0. The summed E-state index contributed by atoms with van der Waals surface area (Å²) < 4.78 is 0. The molecule has 98 valence electrons. The minimum absolute atomic E-state index is 0.279. The lowest BCUT2D eigenvalue weighted by molar-refractivity contribution is -0.113. The number of terminal acetylenes is 1. The molecule has 2 aromatic carbocycles. The van der Waals surface area contributed by atoms with Crippen molar-refractivity contribution in [1.82, 2.24) is 0 Å². The van der Waals surface area contributed by atoms with Crippen LogP contribution in [0.3, 0.4) is 0 Å². The first-order valence-corrected chi connectivity index (χ1v) is 6.61. The zero-order valence-electron chi connectivity index (χ0n) is 11.3. The van der Waals surface area contributed by atoms with E-state index in [0.717, 1.165) is 23.1 Å². The Balaban J connectivity index is 0.000000160. The standard InChI is InChI=1S/C11H10O.C8H6/c12-11-8-4-7-10(11)9-5-2-1-3-6-9;1-2-8-6-4-3-5-7-8/h1-3,5-7H,4,8H2;1,3-7H. The number of hydrogen-bond acceptors (Lipinski definition) is 1. The maximum Gasteiger partial charge on any atom is 0.163 e. The molecule has 0 saturated heterocycles. The second-order valence-corrected chi connectivity index (χ2v) is 4.46. The molecule has 0 amide bonds. The van der Waals surface area contributed by atoms with Crippen LogP contribution in [0.1, 0.15) is 24.0 Å². The van der Waals surface area contributed by atoms with E-state index in [1.54, 1.807) is 0 Å². The van der Waals surface area contributed by atoms with Gasteiger partial charge in [0.25, 0.3) is 0 Å². The molecule has 0 N–H and O–H groups in total. The van der Waals surface area contributed by atoms with Crippen LogP contribution < -0.4 is 0 Å². The van der Waals surface area contributed by atoms with Gasteiger partial charge in [0.1, 0.15) is 0 Å². The molecule has 1 heteroatoms. The summed E-state index contributed by atoms with van der Waals surface area (Å²) in [6, 6.07) is 19.4. The Morgan fingerprint density at radius 3 is 1.95 bits per heavy atom. The molecule has 0 fully saturated rings. The minimum Gasteiger partial charge on any atom is -0.294 e. The van der Waals surface area contributed by atoms with Crippen LogP contribution in [0.15, 0.2) is 66.7 Å². The number of ketones is 1. The topological polar surface area (TPSA) is 17.1 Å². The number of allylic oxidation sites excluding steroid dienone is 2. The van der Waals surface area contributed by atoms with Crippen LogP contribution in [0.25, 0.3) is 5.57 Å². The molecule has 1 aliphatic rings. The first kappa shape index (κ1) is 13.8. The van der Waals surface area contributed by atoms with Crippen LogP contribution in [0.2, 0.25) is 0 Å². The van der Waals surface area contributed by atoms with Gasteiger partial charge in [0, 0.05) is 17.6 Å². The third kappa shape index (κ3) is 3.70. The smallest absolute Gasteiger partial charge is 0.163 e. The maximum absolute atomic E-state index is 11.3. The second-order valence-electron chi connectivity index (χ2n) is 4.46. The summed E-state index contributed by atoms with van der Waals surface area (Å²) >= 11 is 0. The molecule has 0 saturated carbocycles. The summed E-state index contributed by atoms with van der Waals surface area (Å²) in [6.07, 6.45) is 8.72. The van der Waals surface area contributed by atoms with Gasteiger partial charge in [0.2, 0.25) is 0 Å². The first-order chi connectivity index (χ1) is 9.81. The van der Waals surface area contributed by atoms with Crippen LogP contribution in [-0.2, 0) is 4.79 Å². The molecule has 0 bridgehead atoms. The molecular weight excluding hydrogens is 244 g/mol. The van der Waals surface area contributed by atoms with Gasteiger partial charge < -0.3 is 0 Å². The molecule has 1 nitrogen and oxygen atoms in total. The Kier molecular flexibility index (Phi) is 4.92. The molecular formula is C19H16O. The summed E-state index contributed by atoms with van der Waals surface area (Å²) in [5, 5.41) is 0. The van der Waals surface area contributed by atoms with Gasteiger partial charge in [-0.25, -0.2) is 0 Å². The van der Waals surface area contributed by atoms with Crippen molar-refractivity contribution in [1.29, 1.82) is 0 Å². The Labute approximate surface area is 120 Å². The molecule has 2 aromatic rings. The highest BCUT2D eigenvalue weighted by atomic mass is 16.1. The van der Waals surface area contributed by atoms with Gasteiger partial charge in [-0.1, -0.05) is 60.5 Å². The fourth-order valence-corrected chi connectivity index (χ4v) is 2.03. The Morgan fingerprint density at radius 1 is 0.900 bits per heavy atom. The summed E-state index contributed by atoms with van der Waals surface area (Å²) in [5.41, 5.74) is 2.89. The van der Waals surface area contributed by atoms with Crippen LogP contribution in [0, 0.1) is 12.3 Å². The molecule has 0 aliphatic heterocycles. The zero-order chi connectivity index (χ0) is 14.2.